The van der Waals surface area contributed by atoms with E-state index < -0.39 is 0 Å². The number of nitrogens with one attached hydrogen (secondary N) is 1. The highest BCUT2D eigenvalue weighted by Gasteiger charge is 1.87. The number of carbonyl (C=O) groups excluding carboxylic acids is 1. The highest BCUT2D eigenvalue weighted by Crippen LogP contribution is 2.01. The van der Waals surface area contributed by atoms with Crippen molar-refractivity contribution in [3.63, 3.8) is 0 Å². The normalized spacial score (nSPS) is 9.11. The Morgan fingerprint density at radius 3 is 2.89 bits per heavy atom. The van der Waals surface area contributed by atoms with Crippen molar-refractivity contribution in [2.45, 2.75) is 6.92 Å². The zero-order valence-electron chi connectivity index (χ0n) is 5.52. The summed E-state index contributed by atoms with van der Waals surface area (Å²) in [7, 11) is 2.62. The van der Waals surface area contributed by atoms with E-state index in [4.69, 9.17) is 0 Å². The van der Waals surface area contributed by atoms with E-state index in [1.807, 2.05) is 0 Å². The van der Waals surface area contributed by atoms with Crippen molar-refractivity contribution in [2.75, 3.05) is 17.8 Å². The van der Waals surface area contributed by atoms with Crippen LogP contribution in [0.4, 0.5) is 0 Å². The van der Waals surface area contributed by atoms with Gasteiger partial charge in [-0.05, 0) is 0 Å². The maximum atomic E-state index is 10.3. The Morgan fingerprint density at radius 2 is 2.44 bits per heavy atom. The minimum atomic E-state index is 0.0550. The molecular formula is C5H12NOPS. The summed E-state index contributed by atoms with van der Waals surface area (Å²) in [6, 6.07) is 0. The number of carbonyl (C=O) groups is 1. The third kappa shape index (κ3) is 8.25. The Labute approximate surface area is 62.4 Å². The van der Waals surface area contributed by atoms with Gasteiger partial charge in [0.25, 0.3) is 0 Å². The Bertz CT molecular complexity index is 89.0. The summed E-state index contributed by atoms with van der Waals surface area (Å²) in [6.45, 7) is 2.32. The second kappa shape index (κ2) is 6.37. The first-order chi connectivity index (χ1) is 4.27. The van der Waals surface area contributed by atoms with E-state index in [1.54, 1.807) is 11.8 Å². The van der Waals surface area contributed by atoms with E-state index in [0.29, 0.717) is 0 Å². The predicted molar refractivity (Wildman–Crippen MR) is 45.7 cm³/mol. The fraction of sp³-hybridized carbons (Fsp3) is 0.800. The number of amides is 1. The molecule has 0 aliphatic carbocycles. The molecule has 0 saturated heterocycles. The number of hydrogen-bond donors (Lipinski definition) is 1. The lowest BCUT2D eigenvalue weighted by atomic mass is 10.6. The minimum Gasteiger partial charge on any atom is -0.356 e. The molecule has 1 amide bonds. The first kappa shape index (κ1) is 9.25. The van der Waals surface area contributed by atoms with E-state index >= 15 is 0 Å². The number of rotatable bonds is 4. The Balaban J connectivity index is 2.83. The van der Waals surface area contributed by atoms with Crippen LogP contribution in [0.2, 0.25) is 0 Å². The topological polar surface area (TPSA) is 29.1 Å². The smallest absolute Gasteiger partial charge is 0.216 e. The predicted octanol–water partition coefficient (Wildman–Crippen LogP) is 0.688. The lowest BCUT2D eigenvalue weighted by Gasteiger charge is -1.98. The van der Waals surface area contributed by atoms with E-state index in [0.717, 1.165) is 17.8 Å². The van der Waals surface area contributed by atoms with Gasteiger partial charge in [-0.3, -0.25) is 4.79 Å². The van der Waals surface area contributed by atoms with E-state index in [2.05, 4.69) is 14.6 Å². The van der Waals surface area contributed by atoms with Gasteiger partial charge in [0.15, 0.2) is 0 Å². The molecule has 0 aliphatic heterocycles. The second-order valence-electron chi connectivity index (χ2n) is 1.56. The van der Waals surface area contributed by atoms with Crippen molar-refractivity contribution < 1.29 is 4.79 Å². The van der Waals surface area contributed by atoms with Crippen LogP contribution in [-0.2, 0) is 4.79 Å². The van der Waals surface area contributed by atoms with E-state index in [-0.39, 0.29) is 5.91 Å². The van der Waals surface area contributed by atoms with Crippen LogP contribution in [0.3, 0.4) is 0 Å². The molecule has 0 saturated carbocycles. The summed E-state index contributed by atoms with van der Waals surface area (Å²) in [5.41, 5.74) is 1.04. The van der Waals surface area contributed by atoms with Gasteiger partial charge < -0.3 is 5.32 Å². The lowest BCUT2D eigenvalue weighted by Crippen LogP contribution is -2.22. The van der Waals surface area contributed by atoms with Gasteiger partial charge >= 0.3 is 0 Å². The van der Waals surface area contributed by atoms with Crippen molar-refractivity contribution in [3.8, 4) is 0 Å². The Morgan fingerprint density at radius 1 is 1.78 bits per heavy atom. The summed E-state index contributed by atoms with van der Waals surface area (Å²) >= 11 is 1.80. The molecule has 0 spiro atoms. The lowest BCUT2D eigenvalue weighted by molar-refractivity contribution is -0.118. The molecule has 0 aromatic carbocycles. The summed E-state index contributed by atoms with van der Waals surface area (Å²) in [4.78, 5) is 10.3. The summed E-state index contributed by atoms with van der Waals surface area (Å²) < 4.78 is 0. The molecule has 0 rings (SSSR count). The summed E-state index contributed by atoms with van der Waals surface area (Å²) in [5, 5.41) is 2.71. The molecule has 0 radical (unpaired) electrons. The van der Waals surface area contributed by atoms with Crippen molar-refractivity contribution in [2.24, 2.45) is 0 Å². The maximum absolute atomic E-state index is 10.3. The molecular weight excluding hydrogens is 153 g/mol. The number of thioether (sulfide) groups is 1. The van der Waals surface area contributed by atoms with Gasteiger partial charge in [-0.2, -0.15) is 11.8 Å². The summed E-state index contributed by atoms with van der Waals surface area (Å²) in [6.07, 6.45) is 0. The highest BCUT2D eigenvalue weighted by molar-refractivity contribution is 8.02. The van der Waals surface area contributed by atoms with Crippen molar-refractivity contribution in [1.82, 2.24) is 5.32 Å². The largest absolute Gasteiger partial charge is 0.356 e. The van der Waals surface area contributed by atoms with Crippen LogP contribution < -0.4 is 5.32 Å². The van der Waals surface area contributed by atoms with Gasteiger partial charge in [-0.15, -0.1) is 9.24 Å². The Kier molecular flexibility index (Phi) is 6.55. The molecule has 0 bridgehead atoms. The second-order valence-corrected chi connectivity index (χ2v) is 3.71. The van der Waals surface area contributed by atoms with Gasteiger partial charge in [0.2, 0.25) is 5.91 Å². The molecule has 2 nitrogen and oxygen atoms in total. The molecule has 4 heteroatoms. The minimum absolute atomic E-state index is 0.0550. The molecule has 9 heavy (non-hydrogen) atoms. The molecule has 0 heterocycles. The molecule has 0 aromatic heterocycles. The van der Waals surface area contributed by atoms with Gasteiger partial charge in [-0.25, -0.2) is 0 Å². The van der Waals surface area contributed by atoms with Crippen LogP contribution >= 0.6 is 21.0 Å². The molecule has 0 aromatic rings. The molecule has 1 N–H and O–H groups in total. The fourth-order valence-electron chi connectivity index (χ4n) is 0.383. The third-order valence-electron chi connectivity index (χ3n) is 0.738. The molecule has 0 fully saturated rings. The Hall–Kier alpha value is 0.250. The van der Waals surface area contributed by atoms with Crippen molar-refractivity contribution in [1.29, 1.82) is 0 Å². The zero-order valence-corrected chi connectivity index (χ0v) is 7.49. The van der Waals surface area contributed by atoms with Gasteiger partial charge in [0, 0.05) is 24.7 Å². The van der Waals surface area contributed by atoms with Crippen molar-refractivity contribution in [3.05, 3.63) is 0 Å². The zero-order chi connectivity index (χ0) is 7.11. The van der Waals surface area contributed by atoms with Crippen LogP contribution in [0.15, 0.2) is 0 Å². The maximum Gasteiger partial charge on any atom is 0.216 e. The third-order valence-corrected chi connectivity index (χ3v) is 2.17. The average Bonchev–Trinajstić information content (AvgIpc) is 1.80. The SMILES string of the molecule is CC(=O)NCCSCP. The number of hydrogen-bond acceptors (Lipinski definition) is 2. The summed E-state index contributed by atoms with van der Waals surface area (Å²) in [5.74, 6) is 1.06. The van der Waals surface area contributed by atoms with Gasteiger partial charge in [0.05, 0.1) is 0 Å². The van der Waals surface area contributed by atoms with Crippen LogP contribution in [0, 0.1) is 0 Å². The van der Waals surface area contributed by atoms with Crippen LogP contribution in [0.5, 0.6) is 0 Å². The molecule has 1 unspecified atom stereocenters. The fourth-order valence-corrected chi connectivity index (χ4v) is 1.30. The molecule has 1 atom stereocenters. The molecule has 54 valence electrons. The monoisotopic (exact) mass is 165 g/mol. The highest BCUT2D eigenvalue weighted by atomic mass is 32.2. The molecule has 0 aliphatic rings. The van der Waals surface area contributed by atoms with Gasteiger partial charge in [0.1, 0.15) is 0 Å². The van der Waals surface area contributed by atoms with Gasteiger partial charge in [-0.1, -0.05) is 0 Å². The van der Waals surface area contributed by atoms with Crippen molar-refractivity contribution >= 4 is 26.9 Å². The first-order valence-electron chi connectivity index (χ1n) is 2.79. The standard InChI is InChI=1S/C5H12NOPS/c1-5(7)6-2-3-9-4-8/h2-4,8H2,1H3,(H,6,7). The quantitative estimate of drug-likeness (QED) is 0.490. The van der Waals surface area contributed by atoms with Crippen LogP contribution in [-0.4, -0.2) is 23.7 Å². The average molecular weight is 165 g/mol. The van der Waals surface area contributed by atoms with Crippen LogP contribution in [0.25, 0.3) is 0 Å². The van der Waals surface area contributed by atoms with E-state index in [9.17, 15) is 4.79 Å². The first-order valence-corrected chi connectivity index (χ1v) is 4.76. The van der Waals surface area contributed by atoms with Crippen LogP contribution in [0.1, 0.15) is 6.92 Å². The van der Waals surface area contributed by atoms with E-state index in [1.165, 1.54) is 6.92 Å².